The van der Waals surface area contributed by atoms with E-state index in [1.165, 1.54) is 0 Å². The van der Waals surface area contributed by atoms with E-state index < -0.39 is 21.8 Å². The van der Waals surface area contributed by atoms with Gasteiger partial charge in [0.2, 0.25) is 0 Å². The molecule has 0 aromatic heterocycles. The van der Waals surface area contributed by atoms with Gasteiger partial charge >= 0.3 is 0 Å². The van der Waals surface area contributed by atoms with Gasteiger partial charge in [0.1, 0.15) is 0 Å². The molecule has 0 radical (unpaired) electrons. The van der Waals surface area contributed by atoms with E-state index in [9.17, 15) is 22.6 Å². The number of carbonyl (C=O) groups is 2. The Kier molecular flexibility index (Phi) is 6.76. The second-order valence-electron chi connectivity index (χ2n) is 9.34. The summed E-state index contributed by atoms with van der Waals surface area (Å²) in [6.07, 6.45) is 1.14. The van der Waals surface area contributed by atoms with Crippen molar-refractivity contribution in [3.63, 3.8) is 0 Å². The highest BCUT2D eigenvalue weighted by Gasteiger charge is 2.36. The molecule has 3 N–H and O–H groups in total. The summed E-state index contributed by atoms with van der Waals surface area (Å²) in [5.41, 5.74) is 10.1. The van der Waals surface area contributed by atoms with Crippen LogP contribution in [-0.4, -0.2) is 43.0 Å². The van der Waals surface area contributed by atoms with E-state index in [4.69, 9.17) is 5.73 Å². The number of nitrogens with zero attached hydrogens (tertiary/aromatic N) is 1. The molecule has 2 unspecified atom stereocenters. The molecule has 1 aliphatic carbocycles. The van der Waals surface area contributed by atoms with Gasteiger partial charge < -0.3 is 15.6 Å². The second kappa shape index (κ2) is 10.0. The predicted molar refractivity (Wildman–Crippen MR) is 139 cm³/mol. The predicted octanol–water partition coefficient (Wildman–Crippen LogP) is 1.83. The highest BCUT2D eigenvalue weighted by atomic mass is 32.2. The molecule has 1 amide bonds. The molecule has 9 heteroatoms. The molecule has 2 aliphatic rings. The minimum atomic E-state index is -4.25. The second-order valence-corrected chi connectivity index (χ2v) is 10.9. The number of nitrogens with two attached hydrogens (primary N) is 1. The maximum atomic E-state index is 13.7. The van der Waals surface area contributed by atoms with E-state index in [-0.39, 0.29) is 24.2 Å². The van der Waals surface area contributed by atoms with E-state index in [0.29, 0.717) is 46.8 Å². The van der Waals surface area contributed by atoms with Crippen LogP contribution in [0.4, 0.5) is 5.69 Å². The number of nitrogens with one attached hydrogen (secondary N) is 1. The summed E-state index contributed by atoms with van der Waals surface area (Å²) < 4.78 is 32.4. The number of fused-ring (bicyclic) bond motifs is 2. The van der Waals surface area contributed by atoms with Gasteiger partial charge in [-0.25, -0.2) is 13.4 Å². The highest BCUT2D eigenvalue weighted by Crippen LogP contribution is 2.37. The average molecular weight is 517 g/mol. The third kappa shape index (κ3) is 4.98. The molecular weight excluding hydrogens is 490 g/mol. The molecule has 3 aromatic rings. The summed E-state index contributed by atoms with van der Waals surface area (Å²) in [6, 6.07) is 20.0. The molecule has 0 saturated carbocycles. The fourth-order valence-electron chi connectivity index (χ4n) is 5.15. The summed E-state index contributed by atoms with van der Waals surface area (Å²) >= 11 is 0. The van der Waals surface area contributed by atoms with Gasteiger partial charge in [0.05, 0.1) is 27.0 Å². The Labute approximate surface area is 214 Å². The molecule has 1 aliphatic heterocycles. The first-order valence-electron chi connectivity index (χ1n) is 12.2. The van der Waals surface area contributed by atoms with Gasteiger partial charge in [-0.3, -0.25) is 9.59 Å². The standard InChI is InChI=1S/C28H27N3O5S/c29-18(9-6-16-37(34,35)36)14-15-30-21-12-13-22-25-24(19-10-4-5-11-20(19)27(32)26(21)25)23(28(33)31-22)17-7-2-1-3-8-17/h1-5,7-8,10-13,18,23,30H,6,9,14-16,29H2,(H,34,35,36)/p-1. The lowest BCUT2D eigenvalue weighted by Crippen LogP contribution is -2.44. The minimum Gasteiger partial charge on any atom is -0.748 e. The Morgan fingerprint density at radius 3 is 2.38 bits per heavy atom. The first-order valence-corrected chi connectivity index (χ1v) is 13.7. The van der Waals surface area contributed by atoms with Crippen LogP contribution in [0.2, 0.25) is 0 Å². The van der Waals surface area contributed by atoms with Gasteiger partial charge in [-0.2, -0.15) is 0 Å². The van der Waals surface area contributed by atoms with E-state index in [0.717, 1.165) is 16.7 Å². The van der Waals surface area contributed by atoms with Crippen molar-refractivity contribution < 1.29 is 22.6 Å². The number of hydrogen-bond donors (Lipinski definition) is 2. The zero-order chi connectivity index (χ0) is 26.2. The summed E-state index contributed by atoms with van der Waals surface area (Å²) in [6.45, 7) is 0.444. The number of ketones is 1. The normalized spacial score (nSPS) is 17.0. The Hall–Kier alpha value is -3.66. The van der Waals surface area contributed by atoms with E-state index >= 15 is 0 Å². The molecule has 0 fully saturated rings. The van der Waals surface area contributed by atoms with Crippen molar-refractivity contribution in [1.82, 2.24) is 0 Å². The molecule has 0 spiro atoms. The van der Waals surface area contributed by atoms with Crippen LogP contribution in [-0.2, 0) is 14.9 Å². The molecule has 37 heavy (non-hydrogen) atoms. The topological polar surface area (TPSA) is 142 Å². The third-order valence-electron chi connectivity index (χ3n) is 6.84. The van der Waals surface area contributed by atoms with Crippen LogP contribution in [0.5, 0.6) is 0 Å². The molecule has 190 valence electrons. The fraction of sp³-hybridized carbons (Fsp3) is 0.250. The number of anilines is 1. The largest absolute Gasteiger partial charge is 0.748 e. The van der Waals surface area contributed by atoms with Gasteiger partial charge in [-0.05, 0) is 48.1 Å². The highest BCUT2D eigenvalue weighted by molar-refractivity contribution is 7.85. The number of benzene rings is 3. The summed E-state index contributed by atoms with van der Waals surface area (Å²) in [5, 5.41) is 4.46. The summed E-state index contributed by atoms with van der Waals surface area (Å²) in [4.78, 5) is 31.4. The van der Waals surface area contributed by atoms with E-state index in [1.54, 1.807) is 18.2 Å². The van der Waals surface area contributed by atoms with Crippen LogP contribution in [0.25, 0.3) is 5.57 Å². The Balaban J connectivity index is 1.53. The zero-order valence-corrected chi connectivity index (χ0v) is 20.8. The minimum absolute atomic E-state index is 0.139. The van der Waals surface area contributed by atoms with Crippen molar-refractivity contribution in [2.75, 3.05) is 17.6 Å². The van der Waals surface area contributed by atoms with Gasteiger partial charge in [0.25, 0.3) is 5.91 Å². The molecule has 8 nitrogen and oxygen atoms in total. The maximum absolute atomic E-state index is 13.7. The SMILES string of the molecule is NC(CCCS(=O)(=O)[O-])CCNc1ccc2c3c1C(=O)c1ccccc1C=3C(c1ccccc1)C(=O)N=2. The number of rotatable bonds is 9. The van der Waals surface area contributed by atoms with E-state index in [1.807, 2.05) is 48.5 Å². The van der Waals surface area contributed by atoms with Gasteiger partial charge in [-0.15, -0.1) is 0 Å². The molecule has 5 rings (SSSR count). The Bertz CT molecular complexity index is 1620. The zero-order valence-electron chi connectivity index (χ0n) is 20.0. The van der Waals surface area contributed by atoms with Crippen LogP contribution >= 0.6 is 0 Å². The Morgan fingerprint density at radius 2 is 1.65 bits per heavy atom. The van der Waals surface area contributed by atoms with Crippen LogP contribution in [0.3, 0.4) is 0 Å². The maximum Gasteiger partial charge on any atom is 0.258 e. The van der Waals surface area contributed by atoms with Crippen LogP contribution in [0.1, 0.15) is 52.2 Å². The third-order valence-corrected chi connectivity index (χ3v) is 7.63. The van der Waals surface area contributed by atoms with Crippen molar-refractivity contribution >= 4 is 33.1 Å². The van der Waals surface area contributed by atoms with Crippen molar-refractivity contribution in [1.29, 1.82) is 0 Å². The van der Waals surface area contributed by atoms with Crippen molar-refractivity contribution in [3.8, 4) is 0 Å². The number of carbonyl (C=O) groups excluding carboxylic acids is 2. The number of amides is 1. The molecule has 0 bridgehead atoms. The van der Waals surface area contributed by atoms with Crippen molar-refractivity contribution in [2.24, 2.45) is 10.7 Å². The average Bonchev–Trinajstić information content (AvgIpc) is 2.87. The summed E-state index contributed by atoms with van der Waals surface area (Å²) in [5.74, 6) is -1.46. The van der Waals surface area contributed by atoms with Crippen LogP contribution in [0, 0.1) is 0 Å². The first-order chi connectivity index (χ1) is 17.7. The fourth-order valence-corrected chi connectivity index (χ4v) is 5.67. The Morgan fingerprint density at radius 1 is 0.946 bits per heavy atom. The molecule has 3 aromatic carbocycles. The smallest absolute Gasteiger partial charge is 0.258 e. The lowest BCUT2D eigenvalue weighted by molar-refractivity contribution is -0.118. The van der Waals surface area contributed by atoms with E-state index in [2.05, 4.69) is 10.3 Å². The quantitative estimate of drug-likeness (QED) is 0.413. The van der Waals surface area contributed by atoms with Gasteiger partial charge in [-0.1, -0.05) is 54.6 Å². The first kappa shape index (κ1) is 25.0. The molecule has 0 saturated heterocycles. The van der Waals surface area contributed by atoms with Gasteiger partial charge in [0.15, 0.2) is 5.78 Å². The molecule has 2 atom stereocenters. The number of hydrogen-bond acceptors (Lipinski definition) is 7. The molecule has 1 heterocycles. The van der Waals surface area contributed by atoms with Crippen molar-refractivity contribution in [3.05, 3.63) is 99.6 Å². The van der Waals surface area contributed by atoms with Crippen LogP contribution in [0.15, 0.2) is 71.7 Å². The lowest BCUT2D eigenvalue weighted by Gasteiger charge is -2.28. The molecular formula is C28H26N3O5S-. The monoisotopic (exact) mass is 516 g/mol. The van der Waals surface area contributed by atoms with Gasteiger partial charge in [0, 0.05) is 34.8 Å². The summed E-state index contributed by atoms with van der Waals surface area (Å²) in [7, 11) is -4.25. The lowest BCUT2D eigenvalue weighted by atomic mass is 9.76. The van der Waals surface area contributed by atoms with Crippen LogP contribution < -0.4 is 21.6 Å². The van der Waals surface area contributed by atoms with Crippen molar-refractivity contribution in [2.45, 2.75) is 31.2 Å².